The molecule has 29 heavy (non-hydrogen) atoms. The number of hydrogen-bond donors (Lipinski definition) is 1. The van der Waals surface area contributed by atoms with Crippen molar-refractivity contribution in [2.45, 2.75) is 0 Å². The standard InChI is InChI=1S/C20H19Cl2NO6/c1-26-15-9-12(10-16(27-2)20(15)28-3)7-8-18(25)29-11-17(24)23-14-6-4-5-13(21)19(14)22/h4-10H,11H2,1-3H3,(H,23,24)/b8-7+. The van der Waals surface area contributed by atoms with Crippen molar-refractivity contribution in [1.29, 1.82) is 0 Å². The van der Waals surface area contributed by atoms with Crippen molar-refractivity contribution in [1.82, 2.24) is 0 Å². The third kappa shape index (κ3) is 6.04. The van der Waals surface area contributed by atoms with Gasteiger partial charge in [0.2, 0.25) is 5.75 Å². The molecular weight excluding hydrogens is 421 g/mol. The molecule has 0 heterocycles. The topological polar surface area (TPSA) is 83.1 Å². The molecule has 0 aliphatic heterocycles. The van der Waals surface area contributed by atoms with E-state index in [1.54, 1.807) is 30.3 Å². The number of rotatable bonds is 8. The van der Waals surface area contributed by atoms with E-state index >= 15 is 0 Å². The fraction of sp³-hybridized carbons (Fsp3) is 0.200. The van der Waals surface area contributed by atoms with Crippen LogP contribution in [0.1, 0.15) is 5.56 Å². The molecule has 0 unspecified atom stereocenters. The minimum absolute atomic E-state index is 0.205. The predicted octanol–water partition coefficient (Wildman–Crippen LogP) is 4.21. The summed E-state index contributed by atoms with van der Waals surface area (Å²) in [7, 11) is 4.47. The maximum absolute atomic E-state index is 11.9. The maximum Gasteiger partial charge on any atom is 0.331 e. The lowest BCUT2D eigenvalue weighted by atomic mass is 10.1. The summed E-state index contributed by atoms with van der Waals surface area (Å²) in [4.78, 5) is 23.8. The van der Waals surface area contributed by atoms with Crippen LogP contribution in [0.2, 0.25) is 10.0 Å². The summed E-state index contributed by atoms with van der Waals surface area (Å²) in [5.41, 5.74) is 0.944. The van der Waals surface area contributed by atoms with Crippen LogP contribution in [0.5, 0.6) is 17.2 Å². The van der Waals surface area contributed by atoms with Crippen LogP contribution in [-0.2, 0) is 14.3 Å². The third-order valence-corrected chi connectivity index (χ3v) is 4.49. The first kappa shape index (κ1) is 22.4. The van der Waals surface area contributed by atoms with E-state index in [1.165, 1.54) is 33.5 Å². The van der Waals surface area contributed by atoms with Gasteiger partial charge in [0.15, 0.2) is 18.1 Å². The summed E-state index contributed by atoms with van der Waals surface area (Å²) >= 11 is 11.9. The lowest BCUT2D eigenvalue weighted by molar-refractivity contribution is -0.142. The minimum atomic E-state index is -0.703. The number of anilines is 1. The quantitative estimate of drug-likeness (QED) is 0.489. The second-order valence-electron chi connectivity index (χ2n) is 5.55. The summed E-state index contributed by atoms with van der Waals surface area (Å²) in [6.07, 6.45) is 2.68. The summed E-state index contributed by atoms with van der Waals surface area (Å²) < 4.78 is 20.7. The van der Waals surface area contributed by atoms with Crippen LogP contribution in [0.4, 0.5) is 5.69 Å². The minimum Gasteiger partial charge on any atom is -0.493 e. The number of carbonyl (C=O) groups excluding carboxylic acids is 2. The molecule has 0 spiro atoms. The van der Waals surface area contributed by atoms with Crippen molar-refractivity contribution in [3.63, 3.8) is 0 Å². The molecule has 9 heteroatoms. The Kier molecular flexibility index (Phi) is 8.18. The van der Waals surface area contributed by atoms with E-state index in [2.05, 4.69) is 5.32 Å². The van der Waals surface area contributed by atoms with E-state index in [1.807, 2.05) is 0 Å². The average molecular weight is 440 g/mol. The number of nitrogens with one attached hydrogen (secondary N) is 1. The van der Waals surface area contributed by atoms with Crippen LogP contribution in [0.25, 0.3) is 6.08 Å². The van der Waals surface area contributed by atoms with Gasteiger partial charge in [0.1, 0.15) is 0 Å². The van der Waals surface area contributed by atoms with E-state index in [4.69, 9.17) is 42.1 Å². The van der Waals surface area contributed by atoms with E-state index in [9.17, 15) is 9.59 Å². The van der Waals surface area contributed by atoms with Gasteiger partial charge in [-0.15, -0.1) is 0 Å². The van der Waals surface area contributed by atoms with Gasteiger partial charge in [-0.2, -0.15) is 0 Å². The monoisotopic (exact) mass is 439 g/mol. The fourth-order valence-corrected chi connectivity index (χ4v) is 2.68. The highest BCUT2D eigenvalue weighted by molar-refractivity contribution is 6.44. The second kappa shape index (κ2) is 10.6. The molecule has 0 bridgehead atoms. The Morgan fingerprint density at radius 2 is 1.69 bits per heavy atom. The molecular formula is C20H19Cl2NO6. The van der Waals surface area contributed by atoms with E-state index in [0.717, 1.165) is 0 Å². The predicted molar refractivity (Wildman–Crippen MR) is 111 cm³/mol. The van der Waals surface area contributed by atoms with Gasteiger partial charge in [-0.1, -0.05) is 29.3 Å². The van der Waals surface area contributed by atoms with Gasteiger partial charge in [0.25, 0.3) is 5.91 Å². The van der Waals surface area contributed by atoms with Gasteiger partial charge in [0.05, 0.1) is 37.1 Å². The van der Waals surface area contributed by atoms with Gasteiger partial charge in [0, 0.05) is 6.08 Å². The first-order chi connectivity index (χ1) is 13.9. The molecule has 0 aliphatic carbocycles. The number of ether oxygens (including phenoxy) is 4. The highest BCUT2D eigenvalue weighted by Crippen LogP contribution is 2.38. The van der Waals surface area contributed by atoms with E-state index in [-0.39, 0.29) is 5.02 Å². The summed E-state index contributed by atoms with van der Waals surface area (Å²) in [5.74, 6) is 0.0659. The van der Waals surface area contributed by atoms with Gasteiger partial charge in [-0.25, -0.2) is 4.79 Å². The number of esters is 1. The van der Waals surface area contributed by atoms with Gasteiger partial charge >= 0.3 is 5.97 Å². The van der Waals surface area contributed by atoms with Crippen LogP contribution >= 0.6 is 23.2 Å². The van der Waals surface area contributed by atoms with Crippen LogP contribution in [0.3, 0.4) is 0 Å². The Labute approximate surface area is 178 Å². The third-order valence-electron chi connectivity index (χ3n) is 3.67. The van der Waals surface area contributed by atoms with Crippen molar-refractivity contribution >= 4 is 46.8 Å². The van der Waals surface area contributed by atoms with E-state index in [0.29, 0.717) is 33.5 Å². The molecule has 2 aromatic carbocycles. The Bertz CT molecular complexity index is 904. The molecule has 1 N–H and O–H groups in total. The number of halogens is 2. The molecule has 0 radical (unpaired) electrons. The largest absolute Gasteiger partial charge is 0.493 e. The second-order valence-corrected chi connectivity index (χ2v) is 6.33. The highest BCUT2D eigenvalue weighted by Gasteiger charge is 2.13. The van der Waals surface area contributed by atoms with Crippen molar-refractivity contribution in [2.24, 2.45) is 0 Å². The molecule has 2 aromatic rings. The van der Waals surface area contributed by atoms with Gasteiger partial charge in [-0.3, -0.25) is 4.79 Å². The number of methoxy groups -OCH3 is 3. The van der Waals surface area contributed by atoms with Crippen LogP contribution in [0, 0.1) is 0 Å². The lowest BCUT2D eigenvalue weighted by Gasteiger charge is -2.12. The Morgan fingerprint density at radius 3 is 2.28 bits per heavy atom. The van der Waals surface area contributed by atoms with Crippen LogP contribution in [-0.4, -0.2) is 39.8 Å². The van der Waals surface area contributed by atoms with Crippen molar-refractivity contribution in [2.75, 3.05) is 33.3 Å². The molecule has 154 valence electrons. The molecule has 7 nitrogen and oxygen atoms in total. The molecule has 1 amide bonds. The summed E-state index contributed by atoms with van der Waals surface area (Å²) in [5, 5.41) is 3.02. The van der Waals surface area contributed by atoms with Crippen LogP contribution < -0.4 is 19.5 Å². The first-order valence-electron chi connectivity index (χ1n) is 8.28. The number of benzene rings is 2. The Balaban J connectivity index is 1.97. The molecule has 0 atom stereocenters. The molecule has 0 fully saturated rings. The zero-order chi connectivity index (χ0) is 21.4. The van der Waals surface area contributed by atoms with Crippen LogP contribution in [0.15, 0.2) is 36.4 Å². The highest BCUT2D eigenvalue weighted by atomic mass is 35.5. The van der Waals surface area contributed by atoms with Crippen molar-refractivity contribution in [3.8, 4) is 17.2 Å². The van der Waals surface area contributed by atoms with Crippen molar-refractivity contribution in [3.05, 3.63) is 52.0 Å². The van der Waals surface area contributed by atoms with E-state index < -0.39 is 18.5 Å². The maximum atomic E-state index is 11.9. The number of amides is 1. The Morgan fingerprint density at radius 1 is 1.03 bits per heavy atom. The normalized spacial score (nSPS) is 10.5. The molecule has 2 rings (SSSR count). The molecule has 0 saturated heterocycles. The summed E-state index contributed by atoms with van der Waals surface area (Å²) in [6.45, 7) is -0.485. The summed E-state index contributed by atoms with van der Waals surface area (Å²) in [6, 6.07) is 8.14. The zero-order valence-corrected chi connectivity index (χ0v) is 17.5. The van der Waals surface area contributed by atoms with Gasteiger partial charge in [-0.05, 0) is 35.9 Å². The number of hydrogen-bond acceptors (Lipinski definition) is 6. The molecule has 0 saturated carbocycles. The van der Waals surface area contributed by atoms with Gasteiger partial charge < -0.3 is 24.3 Å². The Hall–Kier alpha value is -2.90. The molecule has 0 aromatic heterocycles. The fourth-order valence-electron chi connectivity index (χ4n) is 2.33. The molecule has 0 aliphatic rings. The zero-order valence-electron chi connectivity index (χ0n) is 16.0. The average Bonchev–Trinajstić information content (AvgIpc) is 2.73. The lowest BCUT2D eigenvalue weighted by Crippen LogP contribution is -2.20. The van der Waals surface area contributed by atoms with Crippen molar-refractivity contribution < 1.29 is 28.5 Å². The SMILES string of the molecule is COc1cc(/C=C/C(=O)OCC(=O)Nc2cccc(Cl)c2Cl)cc(OC)c1OC. The first-order valence-corrected chi connectivity index (χ1v) is 9.04. The smallest absolute Gasteiger partial charge is 0.331 e. The number of carbonyl (C=O) groups is 2.